The van der Waals surface area contributed by atoms with Gasteiger partial charge in [-0.05, 0) is 24.1 Å². The predicted octanol–water partition coefficient (Wildman–Crippen LogP) is 3.42. The highest BCUT2D eigenvalue weighted by Gasteiger charge is 2.12. The molecule has 0 radical (unpaired) electrons. The highest BCUT2D eigenvalue weighted by molar-refractivity contribution is 7.90. The molecule has 0 saturated heterocycles. The fourth-order valence-corrected chi connectivity index (χ4v) is 3.88. The van der Waals surface area contributed by atoms with E-state index in [2.05, 4.69) is 10.1 Å². The molecule has 8 heteroatoms. The van der Waals surface area contributed by atoms with Crippen molar-refractivity contribution < 1.29 is 26.7 Å². The Hall–Kier alpha value is -2.74. The molecule has 0 heterocycles. The van der Waals surface area contributed by atoms with Gasteiger partial charge in [-0.3, -0.25) is 4.79 Å². The van der Waals surface area contributed by atoms with Crippen LogP contribution in [0.25, 0.3) is 6.08 Å². The first-order valence-electron chi connectivity index (χ1n) is 8.60. The van der Waals surface area contributed by atoms with Gasteiger partial charge in [0.2, 0.25) is 5.91 Å². The summed E-state index contributed by atoms with van der Waals surface area (Å²) in [5, 5.41) is 2.57. The number of nitrogens with one attached hydrogen (secondary N) is 1. The van der Waals surface area contributed by atoms with Crippen LogP contribution in [0, 0.1) is 0 Å². The van der Waals surface area contributed by atoms with E-state index in [4.69, 9.17) is 0 Å². The van der Waals surface area contributed by atoms with Crippen molar-refractivity contribution in [3.8, 4) is 5.75 Å². The number of rotatable bonds is 10. The Morgan fingerprint density at radius 1 is 1.07 bits per heavy atom. The van der Waals surface area contributed by atoms with Crippen LogP contribution in [0.5, 0.6) is 5.75 Å². The summed E-state index contributed by atoms with van der Waals surface area (Å²) < 4.78 is 53.3. The topological polar surface area (TPSA) is 72.5 Å². The van der Waals surface area contributed by atoms with Gasteiger partial charge in [0.1, 0.15) is 5.75 Å². The molecule has 1 amide bonds. The minimum absolute atomic E-state index is 0.0337. The molecule has 0 saturated carbocycles. The molecule has 0 fully saturated rings. The van der Waals surface area contributed by atoms with Crippen LogP contribution in [-0.2, 0) is 20.4 Å². The van der Waals surface area contributed by atoms with Crippen molar-refractivity contribution in [3.63, 3.8) is 0 Å². The number of para-hydroxylation sites is 1. The van der Waals surface area contributed by atoms with Crippen molar-refractivity contribution in [1.29, 1.82) is 0 Å². The van der Waals surface area contributed by atoms with E-state index < -0.39 is 22.4 Å². The molecule has 0 aliphatic heterocycles. The third-order valence-corrected chi connectivity index (χ3v) is 5.39. The Labute approximate surface area is 162 Å². The normalized spacial score (nSPS) is 11.7. The number of sulfone groups is 1. The van der Waals surface area contributed by atoms with Gasteiger partial charge in [0.25, 0.3) is 0 Å². The number of alkyl halides is 2. The fraction of sp³-hybridized carbons (Fsp3) is 0.250. The molecular formula is C20H21F2NO4S. The monoisotopic (exact) mass is 409 g/mol. The average molecular weight is 409 g/mol. The molecule has 1 N–H and O–H groups in total. The van der Waals surface area contributed by atoms with Crippen LogP contribution in [0.3, 0.4) is 0 Å². The quantitative estimate of drug-likeness (QED) is 0.482. The number of carbonyl (C=O) groups is 1. The maximum atomic E-state index is 12.4. The molecule has 0 unspecified atom stereocenters. The zero-order chi connectivity index (χ0) is 20.4. The summed E-state index contributed by atoms with van der Waals surface area (Å²) in [6.45, 7) is -2.77. The number of benzene rings is 2. The second kappa shape index (κ2) is 10.6. The summed E-state index contributed by atoms with van der Waals surface area (Å²) >= 11 is 0. The van der Waals surface area contributed by atoms with Crippen molar-refractivity contribution in [2.45, 2.75) is 18.8 Å². The number of hydrogen-bond donors (Lipinski definition) is 1. The lowest BCUT2D eigenvalue weighted by Gasteiger charge is -2.07. The average Bonchev–Trinajstić information content (AvgIpc) is 2.64. The SMILES string of the molecule is O=C(C=Cc1ccccc1OC(F)F)NCCCS(=O)(=O)Cc1ccccc1. The Bertz CT molecular complexity index is 899. The van der Waals surface area contributed by atoms with Gasteiger partial charge in [0, 0.05) is 18.2 Å². The van der Waals surface area contributed by atoms with Crippen molar-refractivity contribution in [3.05, 3.63) is 71.8 Å². The largest absolute Gasteiger partial charge is 0.434 e. The van der Waals surface area contributed by atoms with E-state index in [9.17, 15) is 22.0 Å². The van der Waals surface area contributed by atoms with Crippen LogP contribution in [0.2, 0.25) is 0 Å². The number of amides is 1. The third-order valence-electron chi connectivity index (χ3n) is 3.71. The van der Waals surface area contributed by atoms with Crippen molar-refractivity contribution in [2.75, 3.05) is 12.3 Å². The first kappa shape index (κ1) is 21.6. The third kappa shape index (κ3) is 7.87. The minimum Gasteiger partial charge on any atom is -0.434 e. The van der Waals surface area contributed by atoms with Gasteiger partial charge < -0.3 is 10.1 Å². The number of ether oxygens (including phenoxy) is 1. The van der Waals surface area contributed by atoms with E-state index in [-0.39, 0.29) is 30.2 Å². The standard InChI is InChI=1S/C20H21F2NO4S/c21-20(22)27-18-10-5-4-9-17(18)11-12-19(24)23-13-6-14-28(25,26)15-16-7-2-1-3-8-16/h1-5,7-12,20H,6,13-15H2,(H,23,24). The number of carbonyl (C=O) groups excluding carboxylic acids is 1. The van der Waals surface area contributed by atoms with Gasteiger partial charge in [0.05, 0.1) is 11.5 Å². The molecule has 2 aromatic rings. The van der Waals surface area contributed by atoms with Gasteiger partial charge in [-0.1, -0.05) is 48.5 Å². The molecular weight excluding hydrogens is 388 g/mol. The molecule has 150 valence electrons. The summed E-state index contributed by atoms with van der Waals surface area (Å²) in [7, 11) is -3.26. The Kier molecular flexibility index (Phi) is 8.13. The Morgan fingerprint density at radius 3 is 2.46 bits per heavy atom. The summed E-state index contributed by atoms with van der Waals surface area (Å²) in [6, 6.07) is 15.0. The molecule has 0 bridgehead atoms. The van der Waals surface area contributed by atoms with Crippen LogP contribution in [-0.4, -0.2) is 33.2 Å². The smallest absolute Gasteiger partial charge is 0.387 e. The highest BCUT2D eigenvalue weighted by Crippen LogP contribution is 2.21. The van der Waals surface area contributed by atoms with Gasteiger partial charge in [-0.25, -0.2) is 8.42 Å². The summed E-state index contributed by atoms with van der Waals surface area (Å²) in [5.74, 6) is -0.569. The second-order valence-corrected chi connectivity index (χ2v) is 8.16. The van der Waals surface area contributed by atoms with E-state index in [0.29, 0.717) is 5.56 Å². The predicted molar refractivity (Wildman–Crippen MR) is 104 cm³/mol. The van der Waals surface area contributed by atoms with Crippen LogP contribution < -0.4 is 10.1 Å². The van der Waals surface area contributed by atoms with Crippen LogP contribution in [0.4, 0.5) is 8.78 Å². The number of halogens is 2. The molecule has 28 heavy (non-hydrogen) atoms. The van der Waals surface area contributed by atoms with Gasteiger partial charge in [0.15, 0.2) is 9.84 Å². The molecule has 0 atom stereocenters. The van der Waals surface area contributed by atoms with Gasteiger partial charge >= 0.3 is 6.61 Å². The fourth-order valence-electron chi connectivity index (χ4n) is 2.45. The Morgan fingerprint density at radius 2 is 1.75 bits per heavy atom. The lowest BCUT2D eigenvalue weighted by Crippen LogP contribution is -2.24. The second-order valence-electron chi connectivity index (χ2n) is 5.97. The molecule has 0 aromatic heterocycles. The zero-order valence-electron chi connectivity index (χ0n) is 15.1. The lowest BCUT2D eigenvalue weighted by atomic mass is 10.2. The summed E-state index contributed by atoms with van der Waals surface area (Å²) in [6.07, 6.45) is 2.82. The van der Waals surface area contributed by atoms with Crippen LogP contribution in [0.1, 0.15) is 17.5 Å². The molecule has 2 rings (SSSR count). The first-order chi connectivity index (χ1) is 13.4. The lowest BCUT2D eigenvalue weighted by molar-refractivity contribution is -0.116. The molecule has 0 spiro atoms. The van der Waals surface area contributed by atoms with E-state index in [0.717, 1.165) is 5.56 Å². The molecule has 0 aliphatic carbocycles. The first-order valence-corrected chi connectivity index (χ1v) is 10.4. The molecule has 5 nitrogen and oxygen atoms in total. The highest BCUT2D eigenvalue weighted by atomic mass is 32.2. The summed E-state index contributed by atoms with van der Waals surface area (Å²) in [5.41, 5.74) is 1.06. The summed E-state index contributed by atoms with van der Waals surface area (Å²) in [4.78, 5) is 11.8. The minimum atomic E-state index is -3.26. The van der Waals surface area contributed by atoms with Gasteiger partial charge in [-0.15, -0.1) is 0 Å². The molecule has 2 aromatic carbocycles. The number of hydrogen-bond acceptors (Lipinski definition) is 4. The maximum Gasteiger partial charge on any atom is 0.387 e. The van der Waals surface area contributed by atoms with E-state index >= 15 is 0 Å². The Balaban J connectivity index is 1.78. The van der Waals surface area contributed by atoms with Crippen LogP contribution >= 0.6 is 0 Å². The van der Waals surface area contributed by atoms with Crippen molar-refractivity contribution in [1.82, 2.24) is 5.32 Å². The molecule has 0 aliphatic rings. The zero-order valence-corrected chi connectivity index (χ0v) is 15.9. The van der Waals surface area contributed by atoms with Crippen LogP contribution in [0.15, 0.2) is 60.7 Å². The van der Waals surface area contributed by atoms with E-state index in [1.54, 1.807) is 36.4 Å². The van der Waals surface area contributed by atoms with E-state index in [1.165, 1.54) is 24.3 Å². The maximum absolute atomic E-state index is 12.4. The van der Waals surface area contributed by atoms with Crippen molar-refractivity contribution in [2.24, 2.45) is 0 Å². The van der Waals surface area contributed by atoms with E-state index in [1.807, 2.05) is 6.07 Å². The van der Waals surface area contributed by atoms with Gasteiger partial charge in [-0.2, -0.15) is 8.78 Å². The van der Waals surface area contributed by atoms with Crippen molar-refractivity contribution >= 4 is 21.8 Å².